The quantitative estimate of drug-likeness (QED) is 0.172. The third kappa shape index (κ3) is 7.98. The van der Waals surface area contributed by atoms with Crippen LogP contribution in [-0.4, -0.2) is 57.3 Å². The van der Waals surface area contributed by atoms with Crippen LogP contribution in [0, 0.1) is 0 Å². The van der Waals surface area contributed by atoms with Gasteiger partial charge in [-0.2, -0.15) is 4.99 Å². The first-order valence-electron chi connectivity index (χ1n) is 13.6. The van der Waals surface area contributed by atoms with E-state index in [-0.39, 0.29) is 28.1 Å². The van der Waals surface area contributed by atoms with Crippen LogP contribution in [-0.2, 0) is 9.53 Å². The average Bonchev–Trinajstić information content (AvgIpc) is 3.66. The first kappa shape index (κ1) is 31.5. The molecule has 0 aliphatic carbocycles. The summed E-state index contributed by atoms with van der Waals surface area (Å²) in [5.41, 5.74) is 1.68. The topological polar surface area (TPSA) is 108 Å². The molecule has 2 amide bonds. The molecule has 234 valence electrons. The second-order valence-electron chi connectivity index (χ2n) is 9.45. The molecule has 5 rings (SSSR count). The molecule has 1 aliphatic rings. The Kier molecular flexibility index (Phi) is 9.66. The zero-order valence-electron chi connectivity index (χ0n) is 23.6. The molecule has 0 spiro atoms. The van der Waals surface area contributed by atoms with Gasteiger partial charge in [0.2, 0.25) is 5.91 Å². The largest absolute Gasteiger partial charge is 0.573 e. The van der Waals surface area contributed by atoms with E-state index >= 15 is 0 Å². The van der Waals surface area contributed by atoms with Gasteiger partial charge in [0.1, 0.15) is 24.4 Å². The van der Waals surface area contributed by atoms with Crippen molar-refractivity contribution >= 4 is 34.6 Å². The van der Waals surface area contributed by atoms with Crippen molar-refractivity contribution in [2.24, 2.45) is 4.99 Å². The highest BCUT2D eigenvalue weighted by molar-refractivity contribution is 8.15. The highest BCUT2D eigenvalue weighted by Gasteiger charge is 2.33. The molecule has 0 N–H and O–H groups in total. The standard InChI is InChI=1S/C30H25F4N5O5S/c1-2-15-42-25-6-4-3-5-24(25)39-26(40)17-45-28(39)36-29(41)43-16-23(31)19-7-9-20(10-8-19)27-35-18-38(37-27)21-11-13-22(14-12-21)44-30(32,33)34/h3-14,18,23H,2,15-17H2,1H3. The van der Waals surface area contributed by atoms with Gasteiger partial charge in [-0.25, -0.2) is 18.9 Å². The van der Waals surface area contributed by atoms with Gasteiger partial charge in [0, 0.05) is 5.56 Å². The van der Waals surface area contributed by atoms with Crippen molar-refractivity contribution in [3.63, 3.8) is 0 Å². The predicted molar refractivity (Wildman–Crippen MR) is 158 cm³/mol. The molecule has 0 radical (unpaired) electrons. The Balaban J connectivity index is 1.19. The molecule has 10 nitrogen and oxygen atoms in total. The van der Waals surface area contributed by atoms with Gasteiger partial charge >= 0.3 is 12.5 Å². The molecule has 1 atom stereocenters. The lowest BCUT2D eigenvalue weighted by atomic mass is 10.1. The summed E-state index contributed by atoms with van der Waals surface area (Å²) in [5.74, 6) is 0.191. The number of anilines is 1. The van der Waals surface area contributed by atoms with Crippen molar-refractivity contribution in [3.05, 3.63) is 84.7 Å². The van der Waals surface area contributed by atoms with Crippen LogP contribution in [0.15, 0.2) is 84.1 Å². The first-order chi connectivity index (χ1) is 21.6. The van der Waals surface area contributed by atoms with E-state index in [1.54, 1.807) is 36.4 Å². The van der Waals surface area contributed by atoms with Gasteiger partial charge in [-0.05, 0) is 48.4 Å². The maximum absolute atomic E-state index is 15.0. The van der Waals surface area contributed by atoms with E-state index in [0.29, 0.717) is 35.1 Å². The number of carbonyl (C=O) groups excluding carboxylic acids is 2. The summed E-state index contributed by atoms with van der Waals surface area (Å²) in [6.45, 7) is 1.79. The number of aliphatic imine (C=N–C) groups is 1. The number of amidine groups is 1. The Morgan fingerprint density at radius 3 is 2.51 bits per heavy atom. The number of ether oxygens (including phenoxy) is 3. The van der Waals surface area contributed by atoms with Gasteiger partial charge in [0.05, 0.1) is 23.7 Å². The number of alkyl halides is 4. The van der Waals surface area contributed by atoms with Gasteiger partial charge in [-0.15, -0.1) is 18.3 Å². The zero-order valence-corrected chi connectivity index (χ0v) is 24.4. The SMILES string of the molecule is CCCOc1ccccc1N1C(=O)CSC1=NC(=O)OCC(F)c1ccc(-c2ncn(-c3ccc(OC(F)(F)F)cc3)n2)cc1. The van der Waals surface area contributed by atoms with Crippen molar-refractivity contribution in [2.45, 2.75) is 25.9 Å². The third-order valence-corrected chi connectivity index (χ3v) is 7.15. The van der Waals surface area contributed by atoms with Gasteiger partial charge in [-0.1, -0.05) is 55.1 Å². The summed E-state index contributed by atoms with van der Waals surface area (Å²) in [6.07, 6.45) is -5.35. The van der Waals surface area contributed by atoms with Crippen LogP contribution >= 0.6 is 11.8 Å². The Bertz CT molecular complexity index is 1680. The number of carbonyl (C=O) groups is 2. The molecule has 0 bridgehead atoms. The molecule has 3 aromatic carbocycles. The second-order valence-corrected chi connectivity index (χ2v) is 10.4. The summed E-state index contributed by atoms with van der Waals surface area (Å²) >= 11 is 1.06. The van der Waals surface area contributed by atoms with Crippen LogP contribution in [0.1, 0.15) is 25.1 Å². The van der Waals surface area contributed by atoms with E-state index in [2.05, 4.69) is 19.8 Å². The summed E-state index contributed by atoms with van der Waals surface area (Å²) in [7, 11) is 0. The van der Waals surface area contributed by atoms with Gasteiger partial charge in [0.15, 0.2) is 17.2 Å². The number of rotatable bonds is 10. The van der Waals surface area contributed by atoms with Crippen molar-refractivity contribution in [1.29, 1.82) is 0 Å². The maximum atomic E-state index is 15.0. The van der Waals surface area contributed by atoms with Crippen LogP contribution in [0.4, 0.5) is 28.0 Å². The minimum absolute atomic E-state index is 0.0720. The van der Waals surface area contributed by atoms with Gasteiger partial charge in [0.25, 0.3) is 0 Å². The third-order valence-electron chi connectivity index (χ3n) is 6.23. The van der Waals surface area contributed by atoms with E-state index in [0.717, 1.165) is 30.3 Å². The minimum Gasteiger partial charge on any atom is -0.491 e. The number of benzene rings is 3. The highest BCUT2D eigenvalue weighted by atomic mass is 32.2. The molecule has 2 heterocycles. The van der Waals surface area contributed by atoms with Crippen molar-refractivity contribution in [1.82, 2.24) is 14.8 Å². The molecule has 1 saturated heterocycles. The molecule has 1 unspecified atom stereocenters. The smallest absolute Gasteiger partial charge is 0.491 e. The van der Waals surface area contributed by atoms with Crippen LogP contribution in [0.5, 0.6) is 11.5 Å². The summed E-state index contributed by atoms with van der Waals surface area (Å²) in [6, 6.07) is 18.2. The van der Waals surface area contributed by atoms with Crippen molar-refractivity contribution in [3.8, 4) is 28.6 Å². The van der Waals surface area contributed by atoms with Crippen LogP contribution in [0.25, 0.3) is 17.1 Å². The van der Waals surface area contributed by atoms with E-state index in [9.17, 15) is 27.2 Å². The molecule has 1 aromatic heterocycles. The summed E-state index contributed by atoms with van der Waals surface area (Å²) < 4.78 is 68.1. The fraction of sp³-hybridized carbons (Fsp3) is 0.233. The van der Waals surface area contributed by atoms with Crippen molar-refractivity contribution < 1.29 is 41.4 Å². The Morgan fingerprint density at radius 2 is 1.80 bits per heavy atom. The van der Waals surface area contributed by atoms with Crippen LogP contribution in [0.2, 0.25) is 0 Å². The van der Waals surface area contributed by atoms with E-state index in [1.807, 2.05) is 6.92 Å². The monoisotopic (exact) mass is 643 g/mol. The lowest BCUT2D eigenvalue weighted by molar-refractivity contribution is -0.274. The molecular weight excluding hydrogens is 618 g/mol. The Morgan fingerprint density at radius 1 is 1.07 bits per heavy atom. The fourth-order valence-corrected chi connectivity index (χ4v) is 5.02. The Hall–Kier alpha value is -4.92. The van der Waals surface area contributed by atoms with Gasteiger partial charge < -0.3 is 14.2 Å². The summed E-state index contributed by atoms with van der Waals surface area (Å²) in [5, 5.41) is 4.42. The predicted octanol–water partition coefficient (Wildman–Crippen LogP) is 6.90. The first-order valence-corrected chi connectivity index (χ1v) is 14.5. The number of amides is 2. The fourth-order valence-electron chi connectivity index (χ4n) is 4.17. The summed E-state index contributed by atoms with van der Waals surface area (Å²) in [4.78, 5) is 34.5. The molecule has 0 saturated carbocycles. The second kappa shape index (κ2) is 13.8. The number of thioether (sulfide) groups is 1. The van der Waals surface area contributed by atoms with Crippen LogP contribution < -0.4 is 14.4 Å². The normalized spacial score (nSPS) is 14.9. The molecule has 45 heavy (non-hydrogen) atoms. The molecule has 1 aliphatic heterocycles. The number of nitrogens with zero attached hydrogens (tertiary/aromatic N) is 5. The van der Waals surface area contributed by atoms with E-state index in [1.165, 1.54) is 40.2 Å². The van der Waals surface area contributed by atoms with Crippen molar-refractivity contribution in [2.75, 3.05) is 23.9 Å². The highest BCUT2D eigenvalue weighted by Crippen LogP contribution is 2.34. The number of para-hydroxylation sites is 2. The van der Waals surface area contributed by atoms with Gasteiger partial charge in [-0.3, -0.25) is 9.69 Å². The lowest BCUT2D eigenvalue weighted by Crippen LogP contribution is -2.30. The molecule has 4 aromatic rings. The maximum Gasteiger partial charge on any atom is 0.573 e. The van der Waals surface area contributed by atoms with E-state index in [4.69, 9.17) is 9.47 Å². The molecule has 1 fully saturated rings. The number of hydrogen-bond acceptors (Lipinski definition) is 8. The number of aromatic nitrogens is 3. The zero-order chi connectivity index (χ0) is 32.0. The molecular formula is C30H25F4N5O5S. The number of hydrogen-bond donors (Lipinski definition) is 0. The van der Waals surface area contributed by atoms with E-state index < -0.39 is 25.2 Å². The number of halogens is 4. The lowest BCUT2D eigenvalue weighted by Gasteiger charge is -2.19. The molecule has 15 heteroatoms. The minimum atomic E-state index is -4.79. The van der Waals surface area contributed by atoms with Crippen LogP contribution in [0.3, 0.4) is 0 Å². The Labute approximate surface area is 258 Å². The average molecular weight is 644 g/mol.